The van der Waals surface area contributed by atoms with Crippen LogP contribution >= 0.6 is 0 Å². The van der Waals surface area contributed by atoms with Crippen molar-refractivity contribution in [2.45, 2.75) is 25.7 Å². The van der Waals surface area contributed by atoms with Crippen LogP contribution in [0.15, 0.2) is 29.2 Å². The lowest BCUT2D eigenvalue weighted by atomic mass is 9.94. The standard InChI is InChI=1S/C12H17N3O3/c1-7(2)8-5-11(18-9(8)6-16)15-4-3-10(13)14-12(15)17/h3-4,8-9,11,16H,1,5-6H2,2H3,(H2,13,14,17)/t8-,9-,11-/m1/s1. The molecule has 2 heterocycles. The van der Waals surface area contributed by atoms with Gasteiger partial charge in [0.25, 0.3) is 0 Å². The molecule has 0 spiro atoms. The molecular weight excluding hydrogens is 234 g/mol. The summed E-state index contributed by atoms with van der Waals surface area (Å²) < 4.78 is 7.05. The minimum absolute atomic E-state index is 0.0458. The zero-order chi connectivity index (χ0) is 13.3. The third kappa shape index (κ3) is 2.30. The van der Waals surface area contributed by atoms with Gasteiger partial charge in [-0.15, -0.1) is 0 Å². The lowest BCUT2D eigenvalue weighted by Gasteiger charge is -2.15. The second-order valence-electron chi connectivity index (χ2n) is 4.54. The van der Waals surface area contributed by atoms with Gasteiger partial charge in [0.15, 0.2) is 0 Å². The molecule has 6 nitrogen and oxygen atoms in total. The van der Waals surface area contributed by atoms with Gasteiger partial charge in [-0.05, 0) is 13.0 Å². The third-order valence-electron chi connectivity index (χ3n) is 3.21. The molecular formula is C12H17N3O3. The second-order valence-corrected chi connectivity index (χ2v) is 4.54. The molecule has 6 heteroatoms. The largest absolute Gasteiger partial charge is 0.394 e. The van der Waals surface area contributed by atoms with Gasteiger partial charge in [-0.25, -0.2) is 4.79 Å². The maximum atomic E-state index is 11.7. The summed E-state index contributed by atoms with van der Waals surface area (Å²) in [7, 11) is 0. The molecule has 1 fully saturated rings. The Bertz CT molecular complexity index is 512. The minimum Gasteiger partial charge on any atom is -0.394 e. The van der Waals surface area contributed by atoms with E-state index in [1.54, 1.807) is 12.3 Å². The first kappa shape index (κ1) is 12.8. The van der Waals surface area contributed by atoms with Crippen molar-refractivity contribution < 1.29 is 9.84 Å². The van der Waals surface area contributed by atoms with Crippen molar-refractivity contribution >= 4 is 5.82 Å². The number of nitrogens with zero attached hydrogens (tertiary/aromatic N) is 2. The number of hydrogen-bond donors (Lipinski definition) is 2. The van der Waals surface area contributed by atoms with Crippen molar-refractivity contribution in [3.8, 4) is 0 Å². The van der Waals surface area contributed by atoms with Crippen LogP contribution in [0, 0.1) is 5.92 Å². The van der Waals surface area contributed by atoms with Gasteiger partial charge in [0, 0.05) is 18.5 Å². The zero-order valence-corrected chi connectivity index (χ0v) is 10.2. The molecule has 1 aliphatic rings. The van der Waals surface area contributed by atoms with Gasteiger partial charge in [-0.2, -0.15) is 4.98 Å². The maximum absolute atomic E-state index is 11.7. The van der Waals surface area contributed by atoms with Crippen LogP contribution in [-0.4, -0.2) is 27.4 Å². The molecule has 18 heavy (non-hydrogen) atoms. The van der Waals surface area contributed by atoms with E-state index in [-0.39, 0.29) is 24.4 Å². The lowest BCUT2D eigenvalue weighted by Crippen LogP contribution is -2.27. The summed E-state index contributed by atoms with van der Waals surface area (Å²) in [6, 6.07) is 1.55. The van der Waals surface area contributed by atoms with E-state index in [1.165, 1.54) is 4.57 Å². The first-order valence-electron chi connectivity index (χ1n) is 5.79. The molecule has 0 amide bonds. The number of aromatic nitrogens is 2. The van der Waals surface area contributed by atoms with E-state index in [4.69, 9.17) is 10.5 Å². The van der Waals surface area contributed by atoms with E-state index in [1.807, 2.05) is 6.92 Å². The van der Waals surface area contributed by atoms with E-state index in [0.717, 1.165) is 5.57 Å². The Labute approximate surface area is 105 Å². The van der Waals surface area contributed by atoms with Crippen LogP contribution in [-0.2, 0) is 4.74 Å². The number of anilines is 1. The second kappa shape index (κ2) is 4.91. The van der Waals surface area contributed by atoms with E-state index in [9.17, 15) is 9.90 Å². The molecule has 0 aromatic carbocycles. The number of aliphatic hydroxyl groups is 1. The van der Waals surface area contributed by atoms with Crippen molar-refractivity contribution in [1.29, 1.82) is 0 Å². The predicted octanol–water partition coefficient (Wildman–Crippen LogP) is 0.298. The minimum atomic E-state index is -0.445. The maximum Gasteiger partial charge on any atom is 0.351 e. The summed E-state index contributed by atoms with van der Waals surface area (Å²) in [4.78, 5) is 15.4. The first-order chi connectivity index (χ1) is 8.52. The summed E-state index contributed by atoms with van der Waals surface area (Å²) >= 11 is 0. The summed E-state index contributed by atoms with van der Waals surface area (Å²) in [6.45, 7) is 5.69. The molecule has 1 aromatic heterocycles. The van der Waals surface area contributed by atoms with E-state index < -0.39 is 11.9 Å². The Morgan fingerprint density at radius 2 is 2.50 bits per heavy atom. The molecule has 0 saturated carbocycles. The molecule has 0 unspecified atom stereocenters. The van der Waals surface area contributed by atoms with Crippen LogP contribution in [0.1, 0.15) is 19.6 Å². The fourth-order valence-electron chi connectivity index (χ4n) is 2.23. The Morgan fingerprint density at radius 3 is 3.00 bits per heavy atom. The summed E-state index contributed by atoms with van der Waals surface area (Å²) in [5, 5.41) is 9.27. The van der Waals surface area contributed by atoms with E-state index in [2.05, 4.69) is 11.6 Å². The van der Waals surface area contributed by atoms with Gasteiger partial charge in [0.2, 0.25) is 0 Å². The molecule has 0 radical (unpaired) electrons. The quantitative estimate of drug-likeness (QED) is 0.754. The Balaban J connectivity index is 2.26. The van der Waals surface area contributed by atoms with Crippen molar-refractivity contribution in [2.24, 2.45) is 5.92 Å². The van der Waals surface area contributed by atoms with Gasteiger partial charge in [0.05, 0.1) is 12.7 Å². The van der Waals surface area contributed by atoms with Crippen molar-refractivity contribution in [3.63, 3.8) is 0 Å². The van der Waals surface area contributed by atoms with E-state index >= 15 is 0 Å². The van der Waals surface area contributed by atoms with Crippen molar-refractivity contribution in [3.05, 3.63) is 34.9 Å². The van der Waals surface area contributed by atoms with Crippen molar-refractivity contribution in [2.75, 3.05) is 12.3 Å². The normalized spacial score (nSPS) is 27.3. The molecule has 3 atom stereocenters. The fraction of sp³-hybridized carbons (Fsp3) is 0.500. The molecule has 2 rings (SSSR count). The van der Waals surface area contributed by atoms with Gasteiger partial charge < -0.3 is 15.6 Å². The fourth-order valence-corrected chi connectivity index (χ4v) is 2.23. The third-order valence-corrected chi connectivity index (χ3v) is 3.21. The van der Waals surface area contributed by atoms with Crippen LogP contribution in [0.5, 0.6) is 0 Å². The molecule has 98 valence electrons. The molecule has 0 aliphatic carbocycles. The van der Waals surface area contributed by atoms with Crippen LogP contribution in [0.2, 0.25) is 0 Å². The van der Waals surface area contributed by atoms with Gasteiger partial charge in [-0.3, -0.25) is 4.57 Å². The summed E-state index contributed by atoms with van der Waals surface area (Å²) in [5.74, 6) is 0.230. The summed E-state index contributed by atoms with van der Waals surface area (Å²) in [5.41, 5.74) is 5.93. The molecule has 0 bridgehead atoms. The molecule has 1 aliphatic heterocycles. The highest BCUT2D eigenvalue weighted by Crippen LogP contribution is 2.36. The Morgan fingerprint density at radius 1 is 1.78 bits per heavy atom. The van der Waals surface area contributed by atoms with Crippen LogP contribution in [0.4, 0.5) is 5.82 Å². The first-order valence-corrected chi connectivity index (χ1v) is 5.79. The number of ether oxygens (including phenoxy) is 1. The number of rotatable bonds is 3. The number of hydrogen-bond acceptors (Lipinski definition) is 5. The summed E-state index contributed by atoms with van der Waals surface area (Å²) in [6.07, 6.45) is 1.41. The Hall–Kier alpha value is -1.66. The number of aliphatic hydroxyl groups excluding tert-OH is 1. The predicted molar refractivity (Wildman–Crippen MR) is 66.8 cm³/mol. The number of nitrogens with two attached hydrogens (primary N) is 1. The number of nitrogen functional groups attached to an aromatic ring is 1. The highest BCUT2D eigenvalue weighted by atomic mass is 16.5. The lowest BCUT2D eigenvalue weighted by molar-refractivity contribution is -0.0300. The van der Waals surface area contributed by atoms with Crippen LogP contribution in [0.3, 0.4) is 0 Å². The van der Waals surface area contributed by atoms with Gasteiger partial charge in [0.1, 0.15) is 12.0 Å². The van der Waals surface area contributed by atoms with Crippen molar-refractivity contribution in [1.82, 2.24) is 9.55 Å². The average Bonchev–Trinajstić information content (AvgIpc) is 2.73. The van der Waals surface area contributed by atoms with Crippen LogP contribution in [0.25, 0.3) is 0 Å². The van der Waals surface area contributed by atoms with Gasteiger partial charge in [-0.1, -0.05) is 12.2 Å². The SMILES string of the molecule is C=C(C)[C@H]1C[C@H](n2ccc(N)nc2=O)O[C@@H]1CO. The molecule has 1 aromatic rings. The Kier molecular flexibility index (Phi) is 3.49. The molecule has 1 saturated heterocycles. The topological polar surface area (TPSA) is 90.4 Å². The monoisotopic (exact) mass is 251 g/mol. The van der Waals surface area contributed by atoms with Gasteiger partial charge >= 0.3 is 5.69 Å². The smallest absolute Gasteiger partial charge is 0.351 e. The highest BCUT2D eigenvalue weighted by Gasteiger charge is 2.36. The molecule has 3 N–H and O–H groups in total. The highest BCUT2D eigenvalue weighted by molar-refractivity contribution is 5.23. The zero-order valence-electron chi connectivity index (χ0n) is 10.2. The van der Waals surface area contributed by atoms with Crippen LogP contribution < -0.4 is 11.4 Å². The average molecular weight is 251 g/mol. The van der Waals surface area contributed by atoms with E-state index in [0.29, 0.717) is 6.42 Å².